The lowest BCUT2D eigenvalue weighted by Gasteiger charge is -2.40. The van der Waals surface area contributed by atoms with E-state index in [1.807, 2.05) is 0 Å². The van der Waals surface area contributed by atoms with Crippen LogP contribution < -0.4 is 5.32 Å². The molecular formula is C14H27NO2. The van der Waals surface area contributed by atoms with Crippen molar-refractivity contribution in [2.75, 3.05) is 13.2 Å². The largest absolute Gasteiger partial charge is 0.392 e. The molecule has 17 heavy (non-hydrogen) atoms. The molecule has 0 aromatic rings. The normalized spacial score (nSPS) is 30.0. The van der Waals surface area contributed by atoms with Crippen LogP contribution in [0.3, 0.4) is 0 Å². The summed E-state index contributed by atoms with van der Waals surface area (Å²) in [7, 11) is 0. The number of hydrogen-bond donors (Lipinski definition) is 2. The SMILES string of the molecule is CC(C)NCC(O)C1CCOC2(CCCC2)C1. The van der Waals surface area contributed by atoms with Crippen LogP contribution in [0.15, 0.2) is 0 Å². The van der Waals surface area contributed by atoms with E-state index in [1.54, 1.807) is 0 Å². The number of aliphatic hydroxyl groups is 1. The van der Waals surface area contributed by atoms with Gasteiger partial charge in [0.1, 0.15) is 0 Å². The lowest BCUT2D eigenvalue weighted by Crippen LogP contribution is -2.44. The Morgan fingerprint density at radius 3 is 2.71 bits per heavy atom. The van der Waals surface area contributed by atoms with Gasteiger partial charge in [-0.3, -0.25) is 0 Å². The molecule has 2 fully saturated rings. The van der Waals surface area contributed by atoms with E-state index in [-0.39, 0.29) is 11.7 Å². The molecule has 3 nitrogen and oxygen atoms in total. The van der Waals surface area contributed by atoms with E-state index in [4.69, 9.17) is 4.74 Å². The van der Waals surface area contributed by atoms with Crippen LogP contribution in [0.1, 0.15) is 52.4 Å². The van der Waals surface area contributed by atoms with Crippen molar-refractivity contribution in [2.45, 2.75) is 70.1 Å². The van der Waals surface area contributed by atoms with Crippen molar-refractivity contribution in [2.24, 2.45) is 5.92 Å². The molecule has 3 heteroatoms. The fourth-order valence-electron chi connectivity index (χ4n) is 3.28. The van der Waals surface area contributed by atoms with Gasteiger partial charge < -0.3 is 15.2 Å². The summed E-state index contributed by atoms with van der Waals surface area (Å²) >= 11 is 0. The van der Waals surface area contributed by atoms with Crippen molar-refractivity contribution in [1.29, 1.82) is 0 Å². The molecule has 0 amide bonds. The highest BCUT2D eigenvalue weighted by Gasteiger charge is 2.41. The molecule has 2 rings (SSSR count). The van der Waals surface area contributed by atoms with Gasteiger partial charge in [0, 0.05) is 19.2 Å². The average molecular weight is 241 g/mol. The van der Waals surface area contributed by atoms with E-state index >= 15 is 0 Å². The predicted molar refractivity (Wildman–Crippen MR) is 69.0 cm³/mol. The second-order valence-electron chi connectivity index (χ2n) is 6.12. The Hall–Kier alpha value is -0.120. The van der Waals surface area contributed by atoms with Crippen LogP contribution in [0.5, 0.6) is 0 Å². The van der Waals surface area contributed by atoms with Gasteiger partial charge in [0.25, 0.3) is 0 Å². The van der Waals surface area contributed by atoms with Gasteiger partial charge in [-0.15, -0.1) is 0 Å². The highest BCUT2D eigenvalue weighted by atomic mass is 16.5. The van der Waals surface area contributed by atoms with Crippen molar-refractivity contribution >= 4 is 0 Å². The summed E-state index contributed by atoms with van der Waals surface area (Å²) in [5, 5.41) is 13.6. The maximum absolute atomic E-state index is 10.2. The standard InChI is InChI=1S/C14H27NO2/c1-11(2)15-10-13(16)12-5-8-17-14(9-12)6-3-4-7-14/h11-13,15-16H,3-10H2,1-2H3. The van der Waals surface area contributed by atoms with Gasteiger partial charge in [-0.25, -0.2) is 0 Å². The Kier molecular flexibility index (Phi) is 4.45. The van der Waals surface area contributed by atoms with Crippen LogP contribution in [0, 0.1) is 5.92 Å². The first kappa shape index (κ1) is 13.3. The fourth-order valence-corrected chi connectivity index (χ4v) is 3.28. The maximum atomic E-state index is 10.2. The zero-order valence-electron chi connectivity index (χ0n) is 11.2. The highest BCUT2D eigenvalue weighted by molar-refractivity contribution is 4.93. The molecule has 1 heterocycles. The minimum absolute atomic E-state index is 0.127. The smallest absolute Gasteiger partial charge is 0.0694 e. The topological polar surface area (TPSA) is 41.5 Å². The molecule has 0 bridgehead atoms. The van der Waals surface area contributed by atoms with Crippen molar-refractivity contribution in [3.05, 3.63) is 0 Å². The minimum atomic E-state index is -0.209. The molecule has 1 saturated heterocycles. The highest BCUT2D eigenvalue weighted by Crippen LogP contribution is 2.42. The van der Waals surface area contributed by atoms with Crippen LogP contribution in [-0.4, -0.2) is 36.0 Å². The van der Waals surface area contributed by atoms with E-state index in [9.17, 15) is 5.11 Å². The molecule has 0 aromatic carbocycles. The molecule has 1 aliphatic carbocycles. The van der Waals surface area contributed by atoms with Gasteiger partial charge in [-0.05, 0) is 31.6 Å². The lowest BCUT2D eigenvalue weighted by molar-refractivity contribution is -0.112. The molecule has 2 unspecified atom stereocenters. The molecule has 0 radical (unpaired) electrons. The number of ether oxygens (including phenoxy) is 1. The number of rotatable bonds is 4. The van der Waals surface area contributed by atoms with E-state index in [2.05, 4.69) is 19.2 Å². The molecule has 2 aliphatic rings. The fraction of sp³-hybridized carbons (Fsp3) is 1.00. The van der Waals surface area contributed by atoms with Gasteiger partial charge in [0.15, 0.2) is 0 Å². The Morgan fingerprint density at radius 1 is 1.35 bits per heavy atom. The Labute approximate surface area is 105 Å². The molecule has 0 aromatic heterocycles. The van der Waals surface area contributed by atoms with Gasteiger partial charge >= 0.3 is 0 Å². The van der Waals surface area contributed by atoms with Crippen molar-refractivity contribution in [1.82, 2.24) is 5.32 Å². The molecule has 2 atom stereocenters. The summed E-state index contributed by atoms with van der Waals surface area (Å²) in [6.45, 7) is 5.80. The summed E-state index contributed by atoms with van der Waals surface area (Å²) < 4.78 is 6.00. The number of hydrogen-bond acceptors (Lipinski definition) is 3. The van der Waals surface area contributed by atoms with Gasteiger partial charge in [-0.1, -0.05) is 26.7 Å². The van der Waals surface area contributed by atoms with Crippen LogP contribution in [0.25, 0.3) is 0 Å². The van der Waals surface area contributed by atoms with E-state index in [1.165, 1.54) is 25.7 Å². The van der Waals surface area contributed by atoms with Gasteiger partial charge in [0.05, 0.1) is 11.7 Å². The minimum Gasteiger partial charge on any atom is -0.392 e. The summed E-state index contributed by atoms with van der Waals surface area (Å²) in [6.07, 6.45) is 6.87. The summed E-state index contributed by atoms with van der Waals surface area (Å²) in [5.74, 6) is 0.424. The summed E-state index contributed by atoms with van der Waals surface area (Å²) in [4.78, 5) is 0. The van der Waals surface area contributed by atoms with Gasteiger partial charge in [-0.2, -0.15) is 0 Å². The first-order valence-electron chi connectivity index (χ1n) is 7.17. The first-order chi connectivity index (χ1) is 8.11. The molecule has 1 saturated carbocycles. The van der Waals surface area contributed by atoms with E-state index in [0.717, 1.165) is 26.0 Å². The zero-order valence-corrected chi connectivity index (χ0v) is 11.2. The third-order valence-electron chi connectivity index (χ3n) is 4.33. The van der Waals surface area contributed by atoms with Crippen molar-refractivity contribution in [3.63, 3.8) is 0 Å². The van der Waals surface area contributed by atoms with Gasteiger partial charge in [0.2, 0.25) is 0 Å². The molecule has 1 aliphatic heterocycles. The zero-order chi connectivity index (χ0) is 12.3. The Morgan fingerprint density at radius 2 is 2.06 bits per heavy atom. The average Bonchev–Trinajstić information content (AvgIpc) is 2.74. The Balaban J connectivity index is 1.84. The molecular weight excluding hydrogens is 214 g/mol. The third kappa shape index (κ3) is 3.43. The second kappa shape index (κ2) is 5.68. The first-order valence-corrected chi connectivity index (χ1v) is 7.17. The summed E-state index contributed by atoms with van der Waals surface area (Å²) in [5.41, 5.74) is 0.127. The van der Waals surface area contributed by atoms with Crippen LogP contribution in [0.4, 0.5) is 0 Å². The predicted octanol–water partition coefficient (Wildman–Crippen LogP) is 2.08. The van der Waals surface area contributed by atoms with E-state index in [0.29, 0.717) is 12.0 Å². The molecule has 1 spiro atoms. The molecule has 100 valence electrons. The Bertz CT molecular complexity index is 236. The number of nitrogens with one attached hydrogen (secondary N) is 1. The van der Waals surface area contributed by atoms with Crippen LogP contribution in [-0.2, 0) is 4.74 Å². The maximum Gasteiger partial charge on any atom is 0.0694 e. The quantitative estimate of drug-likeness (QED) is 0.792. The van der Waals surface area contributed by atoms with E-state index < -0.39 is 0 Å². The summed E-state index contributed by atoms with van der Waals surface area (Å²) in [6, 6.07) is 0.449. The monoisotopic (exact) mass is 241 g/mol. The van der Waals surface area contributed by atoms with Crippen molar-refractivity contribution in [3.8, 4) is 0 Å². The lowest BCUT2D eigenvalue weighted by atomic mass is 9.81. The molecule has 2 N–H and O–H groups in total. The third-order valence-corrected chi connectivity index (χ3v) is 4.33. The van der Waals surface area contributed by atoms with Crippen molar-refractivity contribution < 1.29 is 9.84 Å². The van der Waals surface area contributed by atoms with Crippen LogP contribution in [0.2, 0.25) is 0 Å². The van der Waals surface area contributed by atoms with Crippen LogP contribution >= 0.6 is 0 Å². The number of aliphatic hydroxyl groups excluding tert-OH is 1. The second-order valence-corrected chi connectivity index (χ2v) is 6.12.